The first kappa shape index (κ1) is 17.9. The van der Waals surface area contributed by atoms with Gasteiger partial charge in [0, 0.05) is 52.2 Å². The van der Waals surface area contributed by atoms with E-state index < -0.39 is 0 Å². The fraction of sp³-hybridized carbons (Fsp3) is 0.316. The summed E-state index contributed by atoms with van der Waals surface area (Å²) in [7, 11) is 1.75. The van der Waals surface area contributed by atoms with Gasteiger partial charge in [-0.05, 0) is 18.2 Å². The van der Waals surface area contributed by atoms with Crippen molar-refractivity contribution in [3.63, 3.8) is 0 Å². The normalized spacial score (nSPS) is 14.5. The molecule has 0 aromatic carbocycles. The smallest absolute Gasteiger partial charge is 0.295 e. The average Bonchev–Trinajstić information content (AvgIpc) is 3.15. The SMILES string of the molecule is C=CCn1c(=O)c(N2CCN(C(=O)c3ccnn3C)CC2)nc2cccnc21. The molecule has 3 aromatic rings. The van der Waals surface area contributed by atoms with Crippen LogP contribution < -0.4 is 10.5 Å². The molecule has 0 spiro atoms. The molecule has 0 atom stereocenters. The van der Waals surface area contributed by atoms with E-state index in [0.29, 0.717) is 55.4 Å². The van der Waals surface area contributed by atoms with E-state index in [1.54, 1.807) is 51.8 Å². The molecule has 9 nitrogen and oxygen atoms in total. The van der Waals surface area contributed by atoms with Gasteiger partial charge in [-0.25, -0.2) is 9.97 Å². The highest BCUT2D eigenvalue weighted by atomic mass is 16.2. The van der Waals surface area contributed by atoms with E-state index in [1.807, 2.05) is 11.0 Å². The van der Waals surface area contributed by atoms with Crippen LogP contribution in [0, 0.1) is 0 Å². The van der Waals surface area contributed by atoms with Gasteiger partial charge in [0.25, 0.3) is 11.5 Å². The van der Waals surface area contributed by atoms with Crippen LogP contribution in [0.4, 0.5) is 5.82 Å². The number of pyridine rings is 1. The van der Waals surface area contributed by atoms with E-state index in [1.165, 1.54) is 0 Å². The fourth-order valence-electron chi connectivity index (χ4n) is 3.43. The number of anilines is 1. The summed E-state index contributed by atoms with van der Waals surface area (Å²) in [5.41, 5.74) is 1.56. The number of hydrogen-bond donors (Lipinski definition) is 0. The molecule has 144 valence electrons. The summed E-state index contributed by atoms with van der Waals surface area (Å²) in [4.78, 5) is 38.2. The molecule has 9 heteroatoms. The third-order valence-electron chi connectivity index (χ3n) is 4.90. The summed E-state index contributed by atoms with van der Waals surface area (Å²) in [6, 6.07) is 5.35. The van der Waals surface area contributed by atoms with Crippen molar-refractivity contribution in [2.24, 2.45) is 7.05 Å². The van der Waals surface area contributed by atoms with Crippen molar-refractivity contribution in [2.45, 2.75) is 6.54 Å². The van der Waals surface area contributed by atoms with Gasteiger partial charge in [-0.2, -0.15) is 5.10 Å². The Morgan fingerprint density at radius 2 is 2.00 bits per heavy atom. The van der Waals surface area contributed by atoms with Gasteiger partial charge in [0.2, 0.25) is 0 Å². The Morgan fingerprint density at radius 1 is 1.21 bits per heavy atom. The van der Waals surface area contributed by atoms with Crippen molar-refractivity contribution < 1.29 is 4.79 Å². The van der Waals surface area contributed by atoms with Gasteiger partial charge < -0.3 is 9.80 Å². The average molecular weight is 379 g/mol. The van der Waals surface area contributed by atoms with Crippen LogP contribution in [-0.4, -0.2) is 61.3 Å². The number of allylic oxidation sites excluding steroid dienone is 1. The molecule has 3 aromatic heterocycles. The maximum absolute atomic E-state index is 13.0. The highest BCUT2D eigenvalue weighted by molar-refractivity contribution is 5.92. The van der Waals surface area contributed by atoms with Gasteiger partial charge in [-0.3, -0.25) is 18.8 Å². The van der Waals surface area contributed by atoms with E-state index in [4.69, 9.17) is 0 Å². The molecule has 1 aliphatic heterocycles. The maximum atomic E-state index is 13.0. The molecular formula is C19H21N7O2. The second-order valence-corrected chi connectivity index (χ2v) is 6.61. The molecule has 0 unspecified atom stereocenters. The molecule has 1 amide bonds. The molecule has 0 radical (unpaired) electrons. The zero-order valence-electron chi connectivity index (χ0n) is 15.7. The molecular weight excluding hydrogens is 358 g/mol. The number of piperazine rings is 1. The number of carbonyl (C=O) groups is 1. The third kappa shape index (κ3) is 3.04. The molecule has 4 heterocycles. The molecule has 0 bridgehead atoms. The van der Waals surface area contributed by atoms with E-state index >= 15 is 0 Å². The summed E-state index contributed by atoms with van der Waals surface area (Å²) in [6.07, 6.45) is 4.92. The Balaban J connectivity index is 1.60. The first-order valence-corrected chi connectivity index (χ1v) is 9.09. The summed E-state index contributed by atoms with van der Waals surface area (Å²) >= 11 is 0. The van der Waals surface area contributed by atoms with E-state index in [0.717, 1.165) is 0 Å². The number of aromatic nitrogens is 5. The Labute approximate surface area is 161 Å². The number of aryl methyl sites for hydroxylation is 1. The largest absolute Gasteiger partial charge is 0.348 e. The van der Waals surface area contributed by atoms with E-state index in [-0.39, 0.29) is 11.5 Å². The highest BCUT2D eigenvalue weighted by Gasteiger charge is 2.26. The Kier molecular flexibility index (Phi) is 4.64. The standard InChI is InChI=1S/C19H21N7O2/c1-3-9-26-16-14(5-4-7-20-16)22-17(19(26)28)24-10-12-25(13-11-24)18(27)15-6-8-21-23(15)2/h3-8H,1,9-13H2,2H3. The molecule has 0 aliphatic carbocycles. The number of carbonyl (C=O) groups excluding carboxylic acids is 1. The van der Waals surface area contributed by atoms with Crippen LogP contribution in [0.15, 0.2) is 48.0 Å². The van der Waals surface area contributed by atoms with Crippen LogP contribution in [0.25, 0.3) is 11.2 Å². The molecule has 28 heavy (non-hydrogen) atoms. The van der Waals surface area contributed by atoms with Gasteiger partial charge in [0.05, 0.1) is 0 Å². The quantitative estimate of drug-likeness (QED) is 0.619. The molecule has 0 saturated carbocycles. The number of rotatable bonds is 4. The van der Waals surface area contributed by atoms with Crippen LogP contribution in [0.1, 0.15) is 10.5 Å². The molecule has 0 N–H and O–H groups in total. The summed E-state index contributed by atoms with van der Waals surface area (Å²) in [5, 5.41) is 4.05. The minimum absolute atomic E-state index is 0.0561. The zero-order chi connectivity index (χ0) is 19.7. The van der Waals surface area contributed by atoms with E-state index in [9.17, 15) is 9.59 Å². The second-order valence-electron chi connectivity index (χ2n) is 6.61. The van der Waals surface area contributed by atoms with Crippen molar-refractivity contribution in [1.82, 2.24) is 29.2 Å². The number of fused-ring (bicyclic) bond motifs is 1. The first-order valence-electron chi connectivity index (χ1n) is 9.09. The van der Waals surface area contributed by atoms with Gasteiger partial charge >= 0.3 is 0 Å². The summed E-state index contributed by atoms with van der Waals surface area (Å²) < 4.78 is 3.15. The highest BCUT2D eigenvalue weighted by Crippen LogP contribution is 2.15. The van der Waals surface area contributed by atoms with Gasteiger partial charge in [0.1, 0.15) is 11.2 Å². The molecule has 4 rings (SSSR count). The Morgan fingerprint density at radius 3 is 2.68 bits per heavy atom. The van der Waals surface area contributed by atoms with Gasteiger partial charge in [-0.1, -0.05) is 6.08 Å². The van der Waals surface area contributed by atoms with Crippen LogP contribution in [0.5, 0.6) is 0 Å². The van der Waals surface area contributed by atoms with Crippen molar-refractivity contribution >= 4 is 22.9 Å². The predicted octanol–water partition coefficient (Wildman–Crippen LogP) is 0.673. The second kappa shape index (κ2) is 7.26. The Bertz CT molecular complexity index is 1090. The number of amides is 1. The lowest BCUT2D eigenvalue weighted by Crippen LogP contribution is -2.51. The number of hydrogen-bond acceptors (Lipinski definition) is 6. The zero-order valence-corrected chi connectivity index (χ0v) is 15.7. The minimum atomic E-state index is -0.197. The lowest BCUT2D eigenvalue weighted by molar-refractivity contribution is 0.0735. The van der Waals surface area contributed by atoms with Crippen LogP contribution >= 0.6 is 0 Å². The topological polar surface area (TPSA) is 89.2 Å². The molecule has 1 fully saturated rings. The monoisotopic (exact) mass is 379 g/mol. The van der Waals surface area contributed by atoms with Crippen LogP contribution in [0.3, 0.4) is 0 Å². The number of nitrogens with zero attached hydrogens (tertiary/aromatic N) is 7. The van der Waals surface area contributed by atoms with Crippen molar-refractivity contribution in [3.8, 4) is 0 Å². The summed E-state index contributed by atoms with van der Waals surface area (Å²) in [6.45, 7) is 6.19. The fourth-order valence-corrected chi connectivity index (χ4v) is 3.43. The van der Waals surface area contributed by atoms with Gasteiger partial charge in [-0.15, -0.1) is 6.58 Å². The van der Waals surface area contributed by atoms with Crippen molar-refractivity contribution in [3.05, 3.63) is 59.3 Å². The molecule has 1 aliphatic rings. The van der Waals surface area contributed by atoms with E-state index in [2.05, 4.69) is 21.6 Å². The lowest BCUT2D eigenvalue weighted by atomic mass is 10.2. The minimum Gasteiger partial charge on any atom is -0.348 e. The lowest BCUT2D eigenvalue weighted by Gasteiger charge is -2.35. The van der Waals surface area contributed by atoms with Crippen molar-refractivity contribution in [2.75, 3.05) is 31.1 Å². The summed E-state index contributed by atoms with van der Waals surface area (Å²) in [5.74, 6) is 0.328. The third-order valence-corrected chi connectivity index (χ3v) is 4.90. The van der Waals surface area contributed by atoms with Crippen molar-refractivity contribution in [1.29, 1.82) is 0 Å². The van der Waals surface area contributed by atoms with Gasteiger partial charge in [0.15, 0.2) is 11.5 Å². The molecule has 1 saturated heterocycles. The Hall–Kier alpha value is -3.49. The maximum Gasteiger partial charge on any atom is 0.295 e. The first-order chi connectivity index (χ1) is 13.6. The predicted molar refractivity (Wildman–Crippen MR) is 105 cm³/mol. The van der Waals surface area contributed by atoms with Crippen LogP contribution in [0.2, 0.25) is 0 Å². The van der Waals surface area contributed by atoms with Crippen LogP contribution in [-0.2, 0) is 13.6 Å².